The number of carbonyl (C=O) groups is 2. The van der Waals surface area contributed by atoms with Crippen LogP contribution in [0.5, 0.6) is 0 Å². The fourth-order valence-corrected chi connectivity index (χ4v) is 2.20. The molecule has 0 saturated heterocycles. The van der Waals surface area contributed by atoms with Crippen LogP contribution in [-0.2, 0) is 22.4 Å². The summed E-state index contributed by atoms with van der Waals surface area (Å²) in [6, 6.07) is 5.92. The molecular formula is C13H15NO2. The Labute approximate surface area is 95.1 Å². The molecule has 1 aliphatic rings. The number of anilines is 1. The fourth-order valence-electron chi connectivity index (χ4n) is 2.20. The monoisotopic (exact) mass is 217 g/mol. The van der Waals surface area contributed by atoms with E-state index in [0.717, 1.165) is 36.9 Å². The summed E-state index contributed by atoms with van der Waals surface area (Å²) in [7, 11) is 0. The van der Waals surface area contributed by atoms with Crippen LogP contribution in [0.2, 0.25) is 0 Å². The molecule has 3 nitrogen and oxygen atoms in total. The van der Waals surface area contributed by atoms with Gasteiger partial charge in [-0.1, -0.05) is 12.1 Å². The molecule has 0 fully saturated rings. The van der Waals surface area contributed by atoms with E-state index in [1.54, 1.807) is 6.92 Å². The van der Waals surface area contributed by atoms with Crippen molar-refractivity contribution in [3.05, 3.63) is 29.3 Å². The first-order valence-electron chi connectivity index (χ1n) is 5.56. The number of rotatable bonds is 2. The van der Waals surface area contributed by atoms with Gasteiger partial charge in [-0.3, -0.25) is 4.79 Å². The van der Waals surface area contributed by atoms with Gasteiger partial charge in [0.05, 0.1) is 0 Å². The van der Waals surface area contributed by atoms with Crippen molar-refractivity contribution in [1.29, 1.82) is 0 Å². The maximum absolute atomic E-state index is 11.4. The Morgan fingerprint density at radius 3 is 3.00 bits per heavy atom. The lowest BCUT2D eigenvalue weighted by molar-refractivity contribution is -0.116. The normalized spacial score (nSPS) is 14.4. The second kappa shape index (κ2) is 4.47. The molecular weight excluding hydrogens is 202 g/mol. The summed E-state index contributed by atoms with van der Waals surface area (Å²) in [5.41, 5.74) is 3.22. The van der Waals surface area contributed by atoms with Crippen molar-refractivity contribution in [3.8, 4) is 0 Å². The van der Waals surface area contributed by atoms with Crippen LogP contribution in [0.4, 0.5) is 5.69 Å². The maximum Gasteiger partial charge on any atom is 0.223 e. The van der Waals surface area contributed by atoms with E-state index in [1.165, 1.54) is 5.56 Å². The van der Waals surface area contributed by atoms with E-state index in [9.17, 15) is 9.59 Å². The van der Waals surface area contributed by atoms with Crippen molar-refractivity contribution in [2.45, 2.75) is 26.2 Å². The highest BCUT2D eigenvalue weighted by molar-refractivity contribution is 5.92. The Bertz CT molecular complexity index is 426. The number of aldehydes is 1. The number of amides is 1. The topological polar surface area (TPSA) is 37.4 Å². The maximum atomic E-state index is 11.4. The van der Waals surface area contributed by atoms with Gasteiger partial charge >= 0.3 is 0 Å². The van der Waals surface area contributed by atoms with Crippen LogP contribution >= 0.6 is 0 Å². The van der Waals surface area contributed by atoms with Crippen LogP contribution in [0.15, 0.2) is 18.2 Å². The second-order valence-corrected chi connectivity index (χ2v) is 4.11. The van der Waals surface area contributed by atoms with Gasteiger partial charge in [0.15, 0.2) is 0 Å². The van der Waals surface area contributed by atoms with Gasteiger partial charge in [0, 0.05) is 25.6 Å². The summed E-state index contributed by atoms with van der Waals surface area (Å²) in [6.45, 7) is 2.39. The number of hydrogen-bond donors (Lipinski definition) is 0. The van der Waals surface area contributed by atoms with Crippen LogP contribution in [0, 0.1) is 0 Å². The van der Waals surface area contributed by atoms with E-state index < -0.39 is 0 Å². The Morgan fingerprint density at radius 2 is 2.31 bits per heavy atom. The Balaban J connectivity index is 2.36. The molecule has 16 heavy (non-hydrogen) atoms. The summed E-state index contributed by atoms with van der Waals surface area (Å²) >= 11 is 0. The number of benzene rings is 1. The molecule has 1 heterocycles. The lowest BCUT2D eigenvalue weighted by atomic mass is 9.98. The largest absolute Gasteiger partial charge is 0.312 e. The van der Waals surface area contributed by atoms with E-state index in [0.29, 0.717) is 6.42 Å². The van der Waals surface area contributed by atoms with Crippen LogP contribution in [0.25, 0.3) is 0 Å². The zero-order valence-corrected chi connectivity index (χ0v) is 9.40. The molecule has 2 rings (SSSR count). The first-order chi connectivity index (χ1) is 7.72. The SMILES string of the molecule is CC(=O)N1CCCc2cc(CC=O)ccc21. The van der Waals surface area contributed by atoms with E-state index in [2.05, 4.69) is 0 Å². The molecule has 0 spiro atoms. The van der Waals surface area contributed by atoms with Crippen LogP contribution < -0.4 is 4.90 Å². The van der Waals surface area contributed by atoms with Crippen molar-refractivity contribution < 1.29 is 9.59 Å². The second-order valence-electron chi connectivity index (χ2n) is 4.11. The van der Waals surface area contributed by atoms with E-state index >= 15 is 0 Å². The zero-order chi connectivity index (χ0) is 11.5. The van der Waals surface area contributed by atoms with Crippen molar-refractivity contribution in [1.82, 2.24) is 0 Å². The summed E-state index contributed by atoms with van der Waals surface area (Å²) in [5.74, 6) is 0.0871. The predicted octanol–water partition coefficient (Wildman–Crippen LogP) is 1.73. The van der Waals surface area contributed by atoms with Gasteiger partial charge in [-0.2, -0.15) is 0 Å². The highest BCUT2D eigenvalue weighted by Crippen LogP contribution is 2.28. The van der Waals surface area contributed by atoms with Crippen LogP contribution in [0.3, 0.4) is 0 Å². The highest BCUT2D eigenvalue weighted by Gasteiger charge is 2.19. The van der Waals surface area contributed by atoms with Crippen LogP contribution in [0.1, 0.15) is 24.5 Å². The van der Waals surface area contributed by atoms with E-state index in [-0.39, 0.29) is 5.91 Å². The molecule has 0 saturated carbocycles. The van der Waals surface area contributed by atoms with Gasteiger partial charge in [-0.25, -0.2) is 0 Å². The number of aryl methyl sites for hydroxylation is 1. The molecule has 1 aliphatic heterocycles. The highest BCUT2D eigenvalue weighted by atomic mass is 16.2. The lowest BCUT2D eigenvalue weighted by Gasteiger charge is -2.28. The van der Waals surface area contributed by atoms with Crippen molar-refractivity contribution >= 4 is 17.9 Å². The van der Waals surface area contributed by atoms with Gasteiger partial charge in [0.2, 0.25) is 5.91 Å². The molecule has 3 heteroatoms. The first-order valence-corrected chi connectivity index (χ1v) is 5.56. The minimum absolute atomic E-state index is 0.0871. The standard InChI is InChI=1S/C13H15NO2/c1-10(16)14-7-2-3-12-9-11(6-8-15)4-5-13(12)14/h4-5,8-9H,2-3,6-7H2,1H3. The molecule has 0 aromatic heterocycles. The Hall–Kier alpha value is -1.64. The fraction of sp³-hybridized carbons (Fsp3) is 0.385. The molecule has 0 bridgehead atoms. The molecule has 0 atom stereocenters. The minimum Gasteiger partial charge on any atom is -0.312 e. The van der Waals surface area contributed by atoms with Gasteiger partial charge in [-0.05, 0) is 30.0 Å². The quantitative estimate of drug-likeness (QED) is 0.707. The van der Waals surface area contributed by atoms with Crippen molar-refractivity contribution in [3.63, 3.8) is 0 Å². The number of hydrogen-bond acceptors (Lipinski definition) is 2. The predicted molar refractivity (Wildman–Crippen MR) is 62.6 cm³/mol. The molecule has 84 valence electrons. The average molecular weight is 217 g/mol. The lowest BCUT2D eigenvalue weighted by Crippen LogP contribution is -2.33. The van der Waals surface area contributed by atoms with Gasteiger partial charge in [-0.15, -0.1) is 0 Å². The smallest absolute Gasteiger partial charge is 0.223 e. The summed E-state index contributed by atoms with van der Waals surface area (Å²) in [4.78, 5) is 23.7. The van der Waals surface area contributed by atoms with Crippen molar-refractivity contribution in [2.75, 3.05) is 11.4 Å². The first kappa shape index (κ1) is 10.9. The van der Waals surface area contributed by atoms with Crippen LogP contribution in [-0.4, -0.2) is 18.7 Å². The van der Waals surface area contributed by atoms with Gasteiger partial charge < -0.3 is 9.69 Å². The third-order valence-corrected chi connectivity index (χ3v) is 2.96. The minimum atomic E-state index is 0.0871. The zero-order valence-electron chi connectivity index (χ0n) is 9.40. The molecule has 0 radical (unpaired) electrons. The summed E-state index contributed by atoms with van der Waals surface area (Å²) < 4.78 is 0. The third-order valence-electron chi connectivity index (χ3n) is 2.96. The van der Waals surface area contributed by atoms with Gasteiger partial charge in [0.25, 0.3) is 0 Å². The van der Waals surface area contributed by atoms with Crippen molar-refractivity contribution in [2.24, 2.45) is 0 Å². The molecule has 1 aromatic rings. The molecule has 0 N–H and O–H groups in total. The summed E-state index contributed by atoms with van der Waals surface area (Å²) in [5, 5.41) is 0. The molecule has 0 unspecified atom stereocenters. The number of nitrogens with zero attached hydrogens (tertiary/aromatic N) is 1. The van der Waals surface area contributed by atoms with E-state index in [1.807, 2.05) is 23.1 Å². The number of fused-ring (bicyclic) bond motifs is 1. The number of carbonyl (C=O) groups excluding carboxylic acids is 2. The average Bonchev–Trinajstić information content (AvgIpc) is 2.28. The Kier molecular flexibility index (Phi) is 3.04. The van der Waals surface area contributed by atoms with Gasteiger partial charge in [0.1, 0.15) is 6.29 Å². The molecule has 1 amide bonds. The molecule has 0 aliphatic carbocycles. The molecule has 1 aromatic carbocycles. The Morgan fingerprint density at radius 1 is 1.50 bits per heavy atom. The summed E-state index contributed by atoms with van der Waals surface area (Å²) in [6.07, 6.45) is 3.35. The third kappa shape index (κ3) is 1.98. The van der Waals surface area contributed by atoms with E-state index in [4.69, 9.17) is 0 Å².